The van der Waals surface area contributed by atoms with Crippen molar-refractivity contribution < 1.29 is 9.53 Å². The highest BCUT2D eigenvalue weighted by molar-refractivity contribution is 5.68. The molecule has 1 aromatic heterocycles. The van der Waals surface area contributed by atoms with E-state index in [2.05, 4.69) is 21.3 Å². The predicted molar refractivity (Wildman–Crippen MR) is 86.6 cm³/mol. The number of hydrogen-bond acceptors (Lipinski definition) is 5. The van der Waals surface area contributed by atoms with E-state index in [4.69, 9.17) is 10.00 Å². The molecular weight excluding hydrogens is 292 g/mol. The van der Waals surface area contributed by atoms with Crippen LogP contribution in [-0.4, -0.2) is 40.7 Å². The number of nitrogens with zero attached hydrogens (tertiary/aromatic N) is 3. The quantitative estimate of drug-likeness (QED) is 0.926. The molecule has 0 spiro atoms. The third-order valence-electron chi connectivity index (χ3n) is 3.57. The Morgan fingerprint density at radius 1 is 1.57 bits per heavy atom. The number of nitrogens with one attached hydrogen (secondary N) is 1. The first-order valence-corrected chi connectivity index (χ1v) is 7.92. The van der Waals surface area contributed by atoms with E-state index in [9.17, 15) is 4.79 Å². The third kappa shape index (κ3) is 5.87. The number of amides is 1. The number of rotatable bonds is 3. The summed E-state index contributed by atoms with van der Waals surface area (Å²) < 4.78 is 5.31. The second kappa shape index (κ2) is 7.42. The van der Waals surface area contributed by atoms with E-state index in [1.54, 1.807) is 6.20 Å². The average molecular weight is 316 g/mol. The van der Waals surface area contributed by atoms with Crippen LogP contribution in [-0.2, 0) is 11.3 Å². The Balaban J connectivity index is 1.88. The minimum atomic E-state index is -0.483. The Hall–Kier alpha value is -2.13. The van der Waals surface area contributed by atoms with Crippen molar-refractivity contribution in [3.63, 3.8) is 0 Å². The normalized spacial score (nSPS) is 19.0. The second-order valence-corrected chi connectivity index (χ2v) is 6.88. The summed E-state index contributed by atoms with van der Waals surface area (Å²) in [7, 11) is 0. The van der Waals surface area contributed by atoms with Crippen LogP contribution in [0.3, 0.4) is 0 Å². The van der Waals surface area contributed by atoms with Crippen molar-refractivity contribution in [1.82, 2.24) is 15.2 Å². The van der Waals surface area contributed by atoms with Crippen LogP contribution in [0.1, 0.15) is 44.9 Å². The summed E-state index contributed by atoms with van der Waals surface area (Å²) in [5, 5.41) is 11.9. The molecule has 0 bridgehead atoms. The number of ether oxygens (including phenoxy) is 1. The molecule has 1 fully saturated rings. The minimum Gasteiger partial charge on any atom is -0.444 e. The standard InChI is InChI=1S/C17H24N4O2/c1-17(2,3)23-16(22)20-14-5-4-8-21(12-14)11-13-6-7-19-15(9-13)10-18/h6-7,9,14H,4-5,8,11-12H2,1-3H3,(H,20,22)/t14-/m1/s1. The molecule has 1 amide bonds. The van der Waals surface area contributed by atoms with E-state index in [0.717, 1.165) is 38.0 Å². The maximum absolute atomic E-state index is 11.9. The molecule has 0 radical (unpaired) electrons. The van der Waals surface area contributed by atoms with E-state index in [-0.39, 0.29) is 12.1 Å². The van der Waals surface area contributed by atoms with E-state index >= 15 is 0 Å². The van der Waals surface area contributed by atoms with Gasteiger partial charge in [-0.2, -0.15) is 5.26 Å². The van der Waals surface area contributed by atoms with Crippen molar-refractivity contribution in [2.75, 3.05) is 13.1 Å². The highest BCUT2D eigenvalue weighted by atomic mass is 16.6. The molecule has 1 aliphatic rings. The van der Waals surface area contributed by atoms with Gasteiger partial charge in [-0.05, 0) is 57.9 Å². The summed E-state index contributed by atoms with van der Waals surface area (Å²) in [6, 6.07) is 5.88. The van der Waals surface area contributed by atoms with Crippen LogP contribution >= 0.6 is 0 Å². The molecule has 0 aliphatic carbocycles. The Bertz CT molecular complexity index is 589. The first kappa shape index (κ1) is 17.2. The summed E-state index contributed by atoms with van der Waals surface area (Å²) >= 11 is 0. The largest absolute Gasteiger partial charge is 0.444 e. The minimum absolute atomic E-state index is 0.0934. The Kier molecular flexibility index (Phi) is 5.56. The lowest BCUT2D eigenvalue weighted by Crippen LogP contribution is -2.48. The van der Waals surface area contributed by atoms with Gasteiger partial charge in [0.05, 0.1) is 0 Å². The van der Waals surface area contributed by atoms with Gasteiger partial charge in [-0.1, -0.05) is 0 Å². The molecule has 1 aliphatic heterocycles. The fraction of sp³-hybridized carbons (Fsp3) is 0.588. The van der Waals surface area contributed by atoms with Crippen molar-refractivity contribution in [2.24, 2.45) is 0 Å². The molecule has 2 rings (SSSR count). The van der Waals surface area contributed by atoms with Gasteiger partial charge in [0.15, 0.2) is 0 Å². The van der Waals surface area contributed by atoms with Gasteiger partial charge >= 0.3 is 6.09 Å². The number of aromatic nitrogens is 1. The molecule has 2 heterocycles. The molecule has 6 heteroatoms. The van der Waals surface area contributed by atoms with Crippen molar-refractivity contribution in [3.8, 4) is 6.07 Å². The number of alkyl carbamates (subject to hydrolysis) is 1. The summed E-state index contributed by atoms with van der Waals surface area (Å²) in [5.74, 6) is 0. The SMILES string of the molecule is CC(C)(C)OC(=O)N[C@@H]1CCCN(Cc2ccnc(C#N)c2)C1. The van der Waals surface area contributed by atoms with Crippen molar-refractivity contribution in [2.45, 2.75) is 51.8 Å². The summed E-state index contributed by atoms with van der Waals surface area (Å²) in [6.45, 7) is 8.09. The topological polar surface area (TPSA) is 78.2 Å². The third-order valence-corrected chi connectivity index (χ3v) is 3.57. The van der Waals surface area contributed by atoms with Gasteiger partial charge in [0.1, 0.15) is 17.4 Å². The Morgan fingerprint density at radius 3 is 3.04 bits per heavy atom. The monoisotopic (exact) mass is 316 g/mol. The molecule has 0 unspecified atom stereocenters. The maximum Gasteiger partial charge on any atom is 0.407 e. The number of pyridine rings is 1. The zero-order valence-corrected chi connectivity index (χ0v) is 14.0. The fourth-order valence-corrected chi connectivity index (χ4v) is 2.68. The van der Waals surface area contributed by atoms with Crippen LogP contribution in [0, 0.1) is 11.3 Å². The Morgan fingerprint density at radius 2 is 2.35 bits per heavy atom. The van der Waals surface area contributed by atoms with E-state index in [1.165, 1.54) is 0 Å². The van der Waals surface area contributed by atoms with E-state index < -0.39 is 5.60 Å². The molecule has 1 saturated heterocycles. The highest BCUT2D eigenvalue weighted by Crippen LogP contribution is 2.15. The van der Waals surface area contributed by atoms with E-state index in [1.807, 2.05) is 32.9 Å². The maximum atomic E-state index is 11.9. The van der Waals surface area contributed by atoms with Gasteiger partial charge in [-0.15, -0.1) is 0 Å². The van der Waals surface area contributed by atoms with Gasteiger partial charge in [0, 0.05) is 25.3 Å². The molecule has 1 atom stereocenters. The van der Waals surface area contributed by atoms with Gasteiger partial charge in [0.25, 0.3) is 0 Å². The summed E-state index contributed by atoms with van der Waals surface area (Å²) in [4.78, 5) is 18.1. The molecule has 23 heavy (non-hydrogen) atoms. The van der Waals surface area contributed by atoms with Crippen LogP contribution in [0.2, 0.25) is 0 Å². The van der Waals surface area contributed by atoms with Crippen molar-refractivity contribution >= 4 is 6.09 Å². The predicted octanol–water partition coefficient (Wildman–Crippen LogP) is 2.44. The summed E-state index contributed by atoms with van der Waals surface area (Å²) in [6.07, 6.45) is 3.28. The average Bonchev–Trinajstić information content (AvgIpc) is 2.45. The molecular formula is C17H24N4O2. The molecule has 6 nitrogen and oxygen atoms in total. The van der Waals surface area contributed by atoms with Crippen LogP contribution in [0.25, 0.3) is 0 Å². The van der Waals surface area contributed by atoms with Gasteiger partial charge in [-0.3, -0.25) is 4.90 Å². The highest BCUT2D eigenvalue weighted by Gasteiger charge is 2.24. The van der Waals surface area contributed by atoms with Gasteiger partial charge in [0.2, 0.25) is 0 Å². The number of carbonyl (C=O) groups excluding carboxylic acids is 1. The van der Waals surface area contributed by atoms with E-state index in [0.29, 0.717) is 5.69 Å². The van der Waals surface area contributed by atoms with Crippen molar-refractivity contribution in [3.05, 3.63) is 29.6 Å². The van der Waals surface area contributed by atoms with Crippen LogP contribution in [0.4, 0.5) is 4.79 Å². The zero-order chi connectivity index (χ0) is 16.9. The number of piperidine rings is 1. The van der Waals surface area contributed by atoms with Gasteiger partial charge in [-0.25, -0.2) is 9.78 Å². The van der Waals surface area contributed by atoms with Crippen LogP contribution in [0.5, 0.6) is 0 Å². The second-order valence-electron chi connectivity index (χ2n) is 6.88. The lowest BCUT2D eigenvalue weighted by Gasteiger charge is -2.33. The lowest BCUT2D eigenvalue weighted by atomic mass is 10.0. The van der Waals surface area contributed by atoms with Crippen LogP contribution < -0.4 is 5.32 Å². The Labute approximate surface area is 137 Å². The van der Waals surface area contributed by atoms with Crippen LogP contribution in [0.15, 0.2) is 18.3 Å². The molecule has 124 valence electrons. The number of likely N-dealkylation sites (tertiary alicyclic amines) is 1. The fourth-order valence-electron chi connectivity index (χ4n) is 2.68. The smallest absolute Gasteiger partial charge is 0.407 e. The molecule has 1 aromatic rings. The van der Waals surface area contributed by atoms with Crippen molar-refractivity contribution in [1.29, 1.82) is 5.26 Å². The first-order valence-electron chi connectivity index (χ1n) is 7.92. The zero-order valence-electron chi connectivity index (χ0n) is 14.0. The number of nitriles is 1. The lowest BCUT2D eigenvalue weighted by molar-refractivity contribution is 0.0470. The number of hydrogen-bond donors (Lipinski definition) is 1. The van der Waals surface area contributed by atoms with Gasteiger partial charge < -0.3 is 10.1 Å². The summed E-state index contributed by atoms with van der Waals surface area (Å²) in [5.41, 5.74) is 1.01. The molecule has 0 aromatic carbocycles. The first-order chi connectivity index (χ1) is 10.9. The molecule has 0 saturated carbocycles. The number of carbonyl (C=O) groups is 1. The molecule has 1 N–H and O–H groups in total.